The standard InChI is InChI=1S/C22H17NO3/c1-23-20(24)16-10-4-6-12-18(16)21(25)17-11-5-2-8-14(17)15-9-3-7-13-19(15)22(21,23)26/h2-13,25-26H,1H3. The molecule has 3 aromatic rings. The molecule has 1 aliphatic carbocycles. The molecule has 5 rings (SSSR count). The largest absolute Gasteiger partial charge is 0.375 e. The lowest BCUT2D eigenvalue weighted by Crippen LogP contribution is -2.65. The highest BCUT2D eigenvalue weighted by atomic mass is 16.4. The minimum Gasteiger partial charge on any atom is -0.375 e. The Morgan fingerprint density at radius 3 is 1.73 bits per heavy atom. The van der Waals surface area contributed by atoms with Crippen LogP contribution in [0.5, 0.6) is 0 Å². The lowest BCUT2D eigenvalue weighted by molar-refractivity contribution is -0.214. The van der Waals surface area contributed by atoms with E-state index in [1.807, 2.05) is 42.5 Å². The third-order valence-electron chi connectivity index (χ3n) is 5.75. The first kappa shape index (κ1) is 15.3. The van der Waals surface area contributed by atoms with Gasteiger partial charge in [-0.15, -0.1) is 0 Å². The fourth-order valence-electron chi connectivity index (χ4n) is 4.51. The van der Waals surface area contributed by atoms with E-state index in [0.717, 1.165) is 11.1 Å². The van der Waals surface area contributed by atoms with E-state index in [9.17, 15) is 15.0 Å². The molecular weight excluding hydrogens is 326 g/mol. The summed E-state index contributed by atoms with van der Waals surface area (Å²) in [6.07, 6.45) is 0. The number of rotatable bonds is 0. The molecule has 0 fully saturated rings. The van der Waals surface area contributed by atoms with Gasteiger partial charge in [0.2, 0.25) is 5.72 Å². The maximum absolute atomic E-state index is 13.0. The molecule has 0 spiro atoms. The lowest BCUT2D eigenvalue weighted by atomic mass is 9.63. The summed E-state index contributed by atoms with van der Waals surface area (Å²) < 4.78 is 0. The van der Waals surface area contributed by atoms with Crippen molar-refractivity contribution in [2.45, 2.75) is 11.3 Å². The van der Waals surface area contributed by atoms with Gasteiger partial charge >= 0.3 is 0 Å². The van der Waals surface area contributed by atoms with Gasteiger partial charge in [-0.1, -0.05) is 66.7 Å². The van der Waals surface area contributed by atoms with Gasteiger partial charge in [0.05, 0.1) is 0 Å². The molecule has 1 amide bonds. The number of likely N-dealkylation sites (N-methyl/N-ethyl adjacent to an activating group) is 1. The first-order valence-electron chi connectivity index (χ1n) is 8.53. The predicted octanol–water partition coefficient (Wildman–Crippen LogP) is 2.83. The van der Waals surface area contributed by atoms with Gasteiger partial charge in [-0.25, -0.2) is 0 Å². The summed E-state index contributed by atoms with van der Waals surface area (Å²) in [6.45, 7) is 0. The molecule has 2 N–H and O–H groups in total. The number of nitrogens with zero attached hydrogens (tertiary/aromatic N) is 1. The zero-order chi connectivity index (χ0) is 18.1. The number of hydrogen-bond acceptors (Lipinski definition) is 3. The molecule has 2 atom stereocenters. The highest BCUT2D eigenvalue weighted by Gasteiger charge is 2.64. The number of amides is 1. The molecule has 128 valence electrons. The van der Waals surface area contributed by atoms with Gasteiger partial charge in [-0.2, -0.15) is 0 Å². The zero-order valence-electron chi connectivity index (χ0n) is 14.2. The van der Waals surface area contributed by atoms with Crippen molar-refractivity contribution in [3.63, 3.8) is 0 Å². The average molecular weight is 343 g/mol. The maximum atomic E-state index is 13.0. The number of fused-ring (bicyclic) bond motifs is 8. The molecule has 0 bridgehead atoms. The zero-order valence-corrected chi connectivity index (χ0v) is 14.2. The average Bonchev–Trinajstić information content (AvgIpc) is 2.70. The first-order chi connectivity index (χ1) is 12.5. The van der Waals surface area contributed by atoms with Crippen LogP contribution in [0.1, 0.15) is 27.0 Å². The lowest BCUT2D eigenvalue weighted by Gasteiger charge is -2.55. The molecule has 0 saturated heterocycles. The van der Waals surface area contributed by atoms with Gasteiger partial charge in [0.25, 0.3) is 5.91 Å². The quantitative estimate of drug-likeness (QED) is 0.660. The highest BCUT2D eigenvalue weighted by Crippen LogP contribution is 2.58. The summed E-state index contributed by atoms with van der Waals surface area (Å²) in [4.78, 5) is 14.2. The van der Waals surface area contributed by atoms with Crippen LogP contribution < -0.4 is 0 Å². The van der Waals surface area contributed by atoms with Crippen molar-refractivity contribution < 1.29 is 15.0 Å². The Balaban J connectivity index is 2.00. The summed E-state index contributed by atoms with van der Waals surface area (Å²) >= 11 is 0. The Bertz CT molecular complexity index is 1080. The third kappa shape index (κ3) is 1.50. The Kier molecular flexibility index (Phi) is 2.84. The van der Waals surface area contributed by atoms with Gasteiger partial charge in [-0.05, 0) is 17.2 Å². The number of benzene rings is 3. The molecule has 1 aliphatic heterocycles. The molecule has 2 unspecified atom stereocenters. The minimum absolute atomic E-state index is 0.318. The van der Waals surface area contributed by atoms with Crippen molar-refractivity contribution in [2.24, 2.45) is 0 Å². The maximum Gasteiger partial charge on any atom is 0.256 e. The van der Waals surface area contributed by atoms with Crippen LogP contribution >= 0.6 is 0 Å². The van der Waals surface area contributed by atoms with Crippen molar-refractivity contribution >= 4 is 5.91 Å². The van der Waals surface area contributed by atoms with E-state index >= 15 is 0 Å². The van der Waals surface area contributed by atoms with E-state index in [2.05, 4.69) is 0 Å². The molecule has 0 saturated carbocycles. The van der Waals surface area contributed by atoms with E-state index in [-0.39, 0.29) is 5.91 Å². The highest BCUT2D eigenvalue weighted by molar-refractivity contribution is 5.99. The molecule has 4 nitrogen and oxygen atoms in total. The number of hydrogen-bond donors (Lipinski definition) is 2. The van der Waals surface area contributed by atoms with Gasteiger partial charge < -0.3 is 15.1 Å². The predicted molar refractivity (Wildman–Crippen MR) is 97.3 cm³/mol. The van der Waals surface area contributed by atoms with Crippen LogP contribution in [0.15, 0.2) is 72.8 Å². The molecule has 2 aliphatic rings. The Labute approximate surface area is 151 Å². The summed E-state index contributed by atoms with van der Waals surface area (Å²) in [5.74, 6) is -0.318. The molecular formula is C22H17NO3. The van der Waals surface area contributed by atoms with Crippen LogP contribution in [-0.2, 0) is 11.3 Å². The van der Waals surface area contributed by atoms with Gasteiger partial charge in [0.1, 0.15) is 0 Å². The van der Waals surface area contributed by atoms with E-state index in [1.54, 1.807) is 30.3 Å². The van der Waals surface area contributed by atoms with Crippen LogP contribution in [0, 0.1) is 0 Å². The molecule has 3 aromatic carbocycles. The molecule has 26 heavy (non-hydrogen) atoms. The SMILES string of the molecule is CN1C(=O)c2ccccc2C2(O)c3ccccc3-c3ccccc3C12O. The summed E-state index contributed by atoms with van der Waals surface area (Å²) in [5, 5.41) is 23.9. The van der Waals surface area contributed by atoms with Gasteiger partial charge in [0, 0.05) is 29.3 Å². The van der Waals surface area contributed by atoms with Crippen LogP contribution in [0.2, 0.25) is 0 Å². The van der Waals surface area contributed by atoms with Crippen molar-refractivity contribution in [1.82, 2.24) is 4.90 Å². The number of aliphatic hydroxyl groups is 2. The first-order valence-corrected chi connectivity index (χ1v) is 8.53. The normalized spacial score (nSPS) is 25.8. The van der Waals surface area contributed by atoms with Crippen LogP contribution in [0.3, 0.4) is 0 Å². The second kappa shape index (κ2) is 4.81. The smallest absolute Gasteiger partial charge is 0.256 e. The van der Waals surface area contributed by atoms with Crippen LogP contribution in [-0.4, -0.2) is 28.1 Å². The summed E-state index contributed by atoms with van der Waals surface area (Å²) in [6, 6.07) is 21.8. The van der Waals surface area contributed by atoms with E-state index in [0.29, 0.717) is 22.3 Å². The van der Waals surface area contributed by atoms with E-state index in [4.69, 9.17) is 0 Å². The van der Waals surface area contributed by atoms with Crippen LogP contribution in [0.25, 0.3) is 11.1 Å². The van der Waals surface area contributed by atoms with E-state index < -0.39 is 11.3 Å². The number of carbonyl (C=O) groups excluding carboxylic acids is 1. The fraction of sp³-hybridized carbons (Fsp3) is 0.136. The fourth-order valence-corrected chi connectivity index (χ4v) is 4.51. The van der Waals surface area contributed by atoms with Crippen LogP contribution in [0.4, 0.5) is 0 Å². The second-order valence-corrected chi connectivity index (χ2v) is 6.88. The van der Waals surface area contributed by atoms with Gasteiger partial charge in [0.15, 0.2) is 5.60 Å². The van der Waals surface area contributed by atoms with Crippen molar-refractivity contribution in [1.29, 1.82) is 0 Å². The summed E-state index contributed by atoms with van der Waals surface area (Å²) in [5.41, 5.74) is -0.0637. The van der Waals surface area contributed by atoms with Gasteiger partial charge in [-0.3, -0.25) is 4.79 Å². The second-order valence-electron chi connectivity index (χ2n) is 6.88. The molecule has 4 heteroatoms. The molecule has 1 heterocycles. The molecule has 0 radical (unpaired) electrons. The van der Waals surface area contributed by atoms with Crippen molar-refractivity contribution in [3.8, 4) is 11.1 Å². The van der Waals surface area contributed by atoms with Crippen molar-refractivity contribution in [3.05, 3.63) is 95.1 Å². The topological polar surface area (TPSA) is 60.8 Å². The Morgan fingerprint density at radius 1 is 0.692 bits per heavy atom. The molecule has 0 aromatic heterocycles. The monoisotopic (exact) mass is 343 g/mol. The van der Waals surface area contributed by atoms with Crippen molar-refractivity contribution in [2.75, 3.05) is 7.05 Å². The third-order valence-corrected chi connectivity index (χ3v) is 5.75. The Morgan fingerprint density at radius 2 is 1.12 bits per heavy atom. The number of carbonyl (C=O) groups is 1. The Hall–Kier alpha value is -2.95. The minimum atomic E-state index is -1.90. The summed E-state index contributed by atoms with van der Waals surface area (Å²) in [7, 11) is 1.54. The van der Waals surface area contributed by atoms with E-state index in [1.165, 1.54) is 11.9 Å².